The van der Waals surface area contributed by atoms with Crippen LogP contribution in [0.25, 0.3) is 11.4 Å². The van der Waals surface area contributed by atoms with Crippen molar-refractivity contribution in [3.8, 4) is 22.9 Å². The maximum Gasteiger partial charge on any atom is 0.159 e. The first kappa shape index (κ1) is 27.8. The van der Waals surface area contributed by atoms with Gasteiger partial charge in [-0.2, -0.15) is 0 Å². The molecule has 2 rings (SSSR count). The summed E-state index contributed by atoms with van der Waals surface area (Å²) in [4.78, 5) is 8.89. The number of hydrogen-bond donors (Lipinski definition) is 0. The minimum absolute atomic E-state index is 0.550. The van der Waals surface area contributed by atoms with Crippen molar-refractivity contribution in [3.05, 3.63) is 48.8 Å². The molecule has 0 bridgehead atoms. The summed E-state index contributed by atoms with van der Waals surface area (Å²) >= 11 is 0. The number of hydrogen-bond acceptors (Lipinski definition) is 5. The van der Waals surface area contributed by atoms with Crippen LogP contribution in [0.4, 0.5) is 0 Å². The number of aromatic nitrogens is 2. The van der Waals surface area contributed by atoms with Gasteiger partial charge >= 0.3 is 0 Å². The van der Waals surface area contributed by atoms with Gasteiger partial charge in [0.2, 0.25) is 0 Å². The predicted molar refractivity (Wildman–Crippen MR) is 141 cm³/mol. The summed E-state index contributed by atoms with van der Waals surface area (Å²) in [6.45, 7) is 7.40. The molecule has 0 saturated heterocycles. The Balaban J connectivity index is 1.60. The summed E-state index contributed by atoms with van der Waals surface area (Å²) in [6, 6.07) is 7.92. The van der Waals surface area contributed by atoms with Gasteiger partial charge in [-0.15, -0.1) is 0 Å². The molecule has 1 aromatic carbocycles. The van der Waals surface area contributed by atoms with Gasteiger partial charge in [0.25, 0.3) is 0 Å². The number of benzene rings is 1. The summed E-state index contributed by atoms with van der Waals surface area (Å²) in [7, 11) is 0. The van der Waals surface area contributed by atoms with Crippen LogP contribution in [0.15, 0.2) is 48.8 Å². The van der Waals surface area contributed by atoms with E-state index in [9.17, 15) is 0 Å². The Morgan fingerprint density at radius 1 is 0.647 bits per heavy atom. The average molecular weight is 469 g/mol. The summed E-state index contributed by atoms with van der Waals surface area (Å²) < 4.78 is 17.2. The Kier molecular flexibility index (Phi) is 15.5. The van der Waals surface area contributed by atoms with Crippen LogP contribution in [0.3, 0.4) is 0 Å². The van der Waals surface area contributed by atoms with Gasteiger partial charge in [-0.05, 0) is 56.4 Å². The summed E-state index contributed by atoms with van der Waals surface area (Å²) in [6.07, 6.45) is 21.1. The molecule has 0 spiro atoms. The molecular weight excluding hydrogens is 424 g/mol. The van der Waals surface area contributed by atoms with E-state index in [2.05, 4.69) is 36.0 Å². The Hall–Kier alpha value is -2.40. The molecule has 5 nitrogen and oxygen atoms in total. The molecular formula is C29H44N2O3. The van der Waals surface area contributed by atoms with Crippen LogP contribution in [0.5, 0.6) is 11.5 Å². The third-order valence-corrected chi connectivity index (χ3v) is 5.57. The predicted octanol–water partition coefficient (Wildman–Crippen LogP) is 7.80. The van der Waals surface area contributed by atoms with Crippen LogP contribution in [-0.4, -0.2) is 36.4 Å². The smallest absolute Gasteiger partial charge is 0.159 e. The fourth-order valence-electron chi connectivity index (χ4n) is 3.49. The van der Waals surface area contributed by atoms with Gasteiger partial charge < -0.3 is 14.2 Å². The number of rotatable bonds is 20. The van der Waals surface area contributed by atoms with Crippen molar-refractivity contribution in [2.45, 2.75) is 84.5 Å². The zero-order valence-electron chi connectivity index (χ0n) is 21.3. The Bertz CT molecular complexity index is 760. The van der Waals surface area contributed by atoms with Crippen molar-refractivity contribution >= 4 is 0 Å². The minimum atomic E-state index is 0.550. The molecule has 0 saturated carbocycles. The molecule has 0 radical (unpaired) electrons. The molecule has 34 heavy (non-hydrogen) atoms. The highest BCUT2D eigenvalue weighted by Gasteiger charge is 2.03. The lowest BCUT2D eigenvalue weighted by atomic mass is 10.1. The molecule has 1 aromatic heterocycles. The largest absolute Gasteiger partial charge is 0.494 e. The topological polar surface area (TPSA) is 53.5 Å². The first-order valence-corrected chi connectivity index (χ1v) is 13.2. The molecule has 0 amide bonds. The standard InChI is InChI=1S/C29H44N2O3/c1-3-5-7-8-9-10-11-13-22-34-28-24-30-29(31-25-28)26-16-18-27(19-17-26)33-23-15-14-21-32-20-12-6-4-2/h11,13,16-19,24-25H,3-10,12,14-15,20-23H2,1-2H3. The highest BCUT2D eigenvalue weighted by molar-refractivity contribution is 5.56. The third kappa shape index (κ3) is 12.7. The van der Waals surface area contributed by atoms with Crippen molar-refractivity contribution in [3.63, 3.8) is 0 Å². The first-order valence-electron chi connectivity index (χ1n) is 13.2. The Labute approximate surface area is 207 Å². The molecule has 0 fully saturated rings. The fraction of sp³-hybridized carbons (Fsp3) is 0.586. The highest BCUT2D eigenvalue weighted by atomic mass is 16.5. The van der Waals surface area contributed by atoms with E-state index in [1.165, 1.54) is 44.9 Å². The van der Waals surface area contributed by atoms with Gasteiger partial charge in [0, 0.05) is 18.8 Å². The van der Waals surface area contributed by atoms with Gasteiger partial charge in [-0.3, -0.25) is 0 Å². The van der Waals surface area contributed by atoms with E-state index in [1.807, 2.05) is 24.3 Å². The molecule has 0 aliphatic carbocycles. The zero-order valence-corrected chi connectivity index (χ0v) is 21.3. The van der Waals surface area contributed by atoms with Crippen molar-refractivity contribution in [2.75, 3.05) is 26.4 Å². The van der Waals surface area contributed by atoms with E-state index >= 15 is 0 Å². The van der Waals surface area contributed by atoms with E-state index in [1.54, 1.807) is 12.4 Å². The monoisotopic (exact) mass is 468 g/mol. The van der Waals surface area contributed by atoms with Gasteiger partial charge in [-0.1, -0.05) is 64.5 Å². The Morgan fingerprint density at radius 2 is 1.29 bits per heavy atom. The fourth-order valence-corrected chi connectivity index (χ4v) is 3.49. The normalized spacial score (nSPS) is 11.2. The maximum absolute atomic E-state index is 5.83. The van der Waals surface area contributed by atoms with Crippen molar-refractivity contribution in [1.82, 2.24) is 9.97 Å². The second kappa shape index (κ2) is 19.0. The van der Waals surface area contributed by atoms with Gasteiger partial charge in [-0.25, -0.2) is 9.97 Å². The van der Waals surface area contributed by atoms with Crippen LogP contribution >= 0.6 is 0 Å². The summed E-state index contributed by atoms with van der Waals surface area (Å²) in [5.41, 5.74) is 0.961. The van der Waals surface area contributed by atoms with E-state index in [0.29, 0.717) is 24.8 Å². The molecule has 188 valence electrons. The number of allylic oxidation sites excluding steroid dienone is 1. The molecule has 5 heteroatoms. The van der Waals surface area contributed by atoms with E-state index in [-0.39, 0.29) is 0 Å². The molecule has 0 aliphatic heterocycles. The van der Waals surface area contributed by atoms with Crippen LogP contribution in [0, 0.1) is 0 Å². The van der Waals surface area contributed by atoms with E-state index in [4.69, 9.17) is 14.2 Å². The molecule has 0 N–H and O–H groups in total. The SMILES string of the molecule is CCCCCCCC=CCOc1cnc(-c2ccc(OCCCCOCCCCC)cc2)nc1. The third-order valence-electron chi connectivity index (χ3n) is 5.57. The molecule has 2 aromatic rings. The first-order chi connectivity index (χ1) is 16.8. The summed E-state index contributed by atoms with van der Waals surface area (Å²) in [5, 5.41) is 0. The van der Waals surface area contributed by atoms with Gasteiger partial charge in [0.15, 0.2) is 11.6 Å². The number of nitrogens with zero attached hydrogens (tertiary/aromatic N) is 2. The van der Waals surface area contributed by atoms with Crippen LogP contribution in [0.1, 0.15) is 84.5 Å². The average Bonchev–Trinajstić information content (AvgIpc) is 2.87. The minimum Gasteiger partial charge on any atom is -0.494 e. The summed E-state index contributed by atoms with van der Waals surface area (Å²) in [5.74, 6) is 2.23. The number of unbranched alkanes of at least 4 members (excludes halogenated alkanes) is 8. The lowest BCUT2D eigenvalue weighted by Gasteiger charge is -2.08. The lowest BCUT2D eigenvalue weighted by molar-refractivity contribution is 0.123. The van der Waals surface area contributed by atoms with E-state index < -0.39 is 0 Å². The second-order valence-electron chi connectivity index (χ2n) is 8.63. The lowest BCUT2D eigenvalue weighted by Crippen LogP contribution is -2.02. The van der Waals surface area contributed by atoms with Crippen molar-refractivity contribution in [2.24, 2.45) is 0 Å². The Morgan fingerprint density at radius 3 is 2.03 bits per heavy atom. The van der Waals surface area contributed by atoms with Crippen molar-refractivity contribution < 1.29 is 14.2 Å². The maximum atomic E-state index is 5.83. The quantitative estimate of drug-likeness (QED) is 0.146. The van der Waals surface area contributed by atoms with Gasteiger partial charge in [0.05, 0.1) is 19.0 Å². The zero-order chi connectivity index (χ0) is 24.1. The van der Waals surface area contributed by atoms with Gasteiger partial charge in [0.1, 0.15) is 12.4 Å². The van der Waals surface area contributed by atoms with Crippen LogP contribution < -0.4 is 9.47 Å². The van der Waals surface area contributed by atoms with Crippen LogP contribution in [0.2, 0.25) is 0 Å². The van der Waals surface area contributed by atoms with Crippen LogP contribution in [-0.2, 0) is 4.74 Å². The number of ether oxygens (including phenoxy) is 3. The molecule has 0 unspecified atom stereocenters. The van der Waals surface area contributed by atoms with Crippen molar-refractivity contribution in [1.29, 1.82) is 0 Å². The molecule has 1 heterocycles. The second-order valence-corrected chi connectivity index (χ2v) is 8.63. The molecule has 0 atom stereocenters. The highest BCUT2D eigenvalue weighted by Crippen LogP contribution is 2.20. The molecule has 0 aliphatic rings. The van der Waals surface area contributed by atoms with E-state index in [0.717, 1.165) is 50.2 Å².